The molecule has 3 aliphatic carbocycles. The number of rotatable bonds is 12. The van der Waals surface area contributed by atoms with Crippen molar-refractivity contribution in [3.63, 3.8) is 0 Å². The van der Waals surface area contributed by atoms with E-state index in [0.29, 0.717) is 85.0 Å². The molecule has 83 heavy (non-hydrogen) atoms. The summed E-state index contributed by atoms with van der Waals surface area (Å²) in [6, 6.07) is 50.3. The second-order valence-corrected chi connectivity index (χ2v) is 21.4. The minimum absolute atomic E-state index is 0.0114. The predicted molar refractivity (Wildman–Crippen MR) is 323 cm³/mol. The molecule has 13 heteroatoms. The Morgan fingerprint density at radius 1 is 0.398 bits per heavy atom. The molecule has 8 aromatic rings. The molecule has 0 saturated carbocycles. The van der Waals surface area contributed by atoms with Crippen molar-refractivity contribution in [2.75, 3.05) is 21.3 Å². The fourth-order valence-corrected chi connectivity index (χ4v) is 9.84. The summed E-state index contributed by atoms with van der Waals surface area (Å²) in [7, 11) is 0. The van der Waals surface area contributed by atoms with Gasteiger partial charge in [-0.2, -0.15) is 0 Å². The van der Waals surface area contributed by atoms with Crippen LogP contribution in [-0.4, -0.2) is 52.5 Å². The third-order valence-corrected chi connectivity index (χ3v) is 15.7. The summed E-state index contributed by atoms with van der Waals surface area (Å²) in [5.74, 6) is -1.35. The lowest BCUT2D eigenvalue weighted by Crippen LogP contribution is -2.30. The molecule has 13 nitrogen and oxygen atoms in total. The molecular formula is C70H62N4O9. The van der Waals surface area contributed by atoms with Gasteiger partial charge in [-0.15, -0.1) is 0 Å². The second kappa shape index (κ2) is 24.4. The number of hydrogen-bond donors (Lipinski definition) is 4. The number of carbonyl (C=O) groups is 9. The molecule has 4 N–H and O–H groups in total. The first-order chi connectivity index (χ1) is 39.8. The normalized spacial score (nSPS) is 13.1. The average molecular weight is 1100 g/mol. The number of fused-ring (bicyclic) bond motifs is 7. The maximum atomic E-state index is 13.0. The quantitative estimate of drug-likeness (QED) is 0.0918. The first-order valence-electron chi connectivity index (χ1n) is 27.7. The highest BCUT2D eigenvalue weighted by Crippen LogP contribution is 2.42. The minimum Gasteiger partial charge on any atom is -0.326 e. The van der Waals surface area contributed by atoms with Gasteiger partial charge >= 0.3 is 0 Å². The molecule has 3 aliphatic rings. The van der Waals surface area contributed by atoms with Gasteiger partial charge in [-0.25, -0.2) is 0 Å². The van der Waals surface area contributed by atoms with Gasteiger partial charge in [-0.05, 0) is 97.0 Å². The lowest BCUT2D eigenvalue weighted by molar-refractivity contribution is -0.124. The van der Waals surface area contributed by atoms with E-state index in [4.69, 9.17) is 0 Å². The Morgan fingerprint density at radius 2 is 0.855 bits per heavy atom. The van der Waals surface area contributed by atoms with E-state index in [1.165, 1.54) is 11.6 Å². The highest BCUT2D eigenvalue weighted by atomic mass is 16.2. The number of benzene rings is 8. The summed E-state index contributed by atoms with van der Waals surface area (Å²) >= 11 is 0. The molecule has 416 valence electrons. The van der Waals surface area contributed by atoms with Gasteiger partial charge < -0.3 is 21.3 Å². The lowest BCUT2D eigenvalue weighted by atomic mass is 9.83. The summed E-state index contributed by atoms with van der Waals surface area (Å²) in [6.07, 6.45) is 2.50. The first kappa shape index (κ1) is 57.7. The Bertz CT molecular complexity index is 3970. The highest BCUT2D eigenvalue weighted by molar-refractivity contribution is 6.31. The Kier molecular flexibility index (Phi) is 16.9. The van der Waals surface area contributed by atoms with E-state index >= 15 is 0 Å². The molecule has 0 aromatic heterocycles. The van der Waals surface area contributed by atoms with Gasteiger partial charge in [0.2, 0.25) is 11.8 Å². The van der Waals surface area contributed by atoms with Crippen LogP contribution in [0.2, 0.25) is 0 Å². The summed E-state index contributed by atoms with van der Waals surface area (Å²) in [6.45, 7) is 13.8. The molecule has 0 heterocycles. The molecule has 2 atom stereocenters. The maximum absolute atomic E-state index is 13.0. The fraction of sp³-hybridized carbons (Fsp3) is 0.186. The molecule has 0 radical (unpaired) electrons. The van der Waals surface area contributed by atoms with Crippen molar-refractivity contribution in [1.29, 1.82) is 0 Å². The zero-order chi connectivity index (χ0) is 59.3. The van der Waals surface area contributed by atoms with Crippen LogP contribution in [0.15, 0.2) is 176 Å². The van der Waals surface area contributed by atoms with Crippen molar-refractivity contribution in [2.45, 2.75) is 73.6 Å². The van der Waals surface area contributed by atoms with E-state index in [2.05, 4.69) is 35.1 Å². The van der Waals surface area contributed by atoms with Crippen LogP contribution in [0.1, 0.15) is 180 Å². The van der Waals surface area contributed by atoms with Gasteiger partial charge in [0.25, 0.3) is 11.8 Å². The second-order valence-electron chi connectivity index (χ2n) is 21.4. The maximum Gasteiger partial charge on any atom is 0.255 e. The van der Waals surface area contributed by atoms with Crippen molar-refractivity contribution >= 4 is 75.3 Å². The van der Waals surface area contributed by atoms with Crippen LogP contribution in [0.5, 0.6) is 0 Å². The molecule has 11 rings (SSSR count). The van der Waals surface area contributed by atoms with Gasteiger partial charge in [0.1, 0.15) is 0 Å². The van der Waals surface area contributed by atoms with Crippen molar-refractivity contribution in [1.82, 2.24) is 0 Å². The third kappa shape index (κ3) is 11.8. The van der Waals surface area contributed by atoms with Gasteiger partial charge in [0, 0.05) is 95.2 Å². The molecular weight excluding hydrogens is 1040 g/mol. The van der Waals surface area contributed by atoms with Crippen LogP contribution in [0, 0.1) is 11.3 Å². The van der Waals surface area contributed by atoms with Crippen molar-refractivity contribution < 1.29 is 43.2 Å². The number of anilines is 4. The SMILES string of the molecule is CCC(C)(C)C(=O)Nc1cccc(C(=O)Nc2ccc3c(c2)C(=O)c2ccccc2C3=O)c1.CCC(C)C(=O)Nc1cccc2c1-c1ccccc1C2=O.CCC(C)c1ccc(C(=O)Nc2cccc3c2C(=O)c2ccccc2C3=O)cc1. The summed E-state index contributed by atoms with van der Waals surface area (Å²) in [4.78, 5) is 114. The predicted octanol–water partition coefficient (Wildman–Crippen LogP) is 14.2. The van der Waals surface area contributed by atoms with Crippen LogP contribution in [-0.2, 0) is 9.59 Å². The van der Waals surface area contributed by atoms with Crippen LogP contribution < -0.4 is 21.3 Å². The van der Waals surface area contributed by atoms with Gasteiger partial charge in [0.05, 0.1) is 11.3 Å². The molecule has 2 unspecified atom stereocenters. The van der Waals surface area contributed by atoms with Crippen molar-refractivity contribution in [2.24, 2.45) is 11.3 Å². The van der Waals surface area contributed by atoms with Crippen LogP contribution in [0.25, 0.3) is 11.1 Å². The molecule has 0 spiro atoms. The number of carbonyl (C=O) groups excluding carboxylic acids is 9. The van der Waals surface area contributed by atoms with Gasteiger partial charge in [0.15, 0.2) is 28.9 Å². The molecule has 0 saturated heterocycles. The van der Waals surface area contributed by atoms with Crippen LogP contribution >= 0.6 is 0 Å². The van der Waals surface area contributed by atoms with E-state index in [0.717, 1.165) is 29.7 Å². The summed E-state index contributed by atoms with van der Waals surface area (Å²) in [5.41, 5.74) is 9.29. The lowest BCUT2D eigenvalue weighted by Gasteiger charge is -2.21. The van der Waals surface area contributed by atoms with Gasteiger partial charge in [-0.1, -0.05) is 164 Å². The number of amides is 4. The molecule has 4 amide bonds. The summed E-state index contributed by atoms with van der Waals surface area (Å²) in [5, 5.41) is 11.4. The van der Waals surface area contributed by atoms with Crippen molar-refractivity contribution in [3.05, 3.63) is 248 Å². The molecule has 0 bridgehead atoms. The standard InChI is InChI=1S/C27H24N2O4.C25H21NO3.C18H17NO2/c1-4-27(2,3)26(33)29-17-9-7-8-16(14-17)25(32)28-18-12-13-21-22(15-18)24(31)20-11-6-5-10-19(20)23(21)30;1-3-15(2)16-11-13-17(14-12-16)25(29)26-21-10-6-9-20-22(21)24(28)19-8-5-4-7-18(19)23(20)27;1-3-11(2)18(21)19-15-10-6-9-14-16(15)12-7-4-5-8-13(12)17(14)20/h5-15H,4H2,1-3H3,(H,28,32)(H,29,33);4-15H,3H2,1-2H3,(H,26,29);4-11H,3H2,1-2H3,(H,19,21). The van der Waals surface area contributed by atoms with Gasteiger partial charge in [-0.3, -0.25) is 43.2 Å². The average Bonchev–Trinajstić information content (AvgIpc) is 3.12. The number of ketones is 5. The van der Waals surface area contributed by atoms with E-state index in [1.54, 1.807) is 115 Å². The molecule has 0 fully saturated rings. The molecule has 0 aliphatic heterocycles. The van der Waals surface area contributed by atoms with Crippen LogP contribution in [0.3, 0.4) is 0 Å². The Labute approximate surface area is 482 Å². The Morgan fingerprint density at radius 3 is 1.42 bits per heavy atom. The van der Waals surface area contributed by atoms with E-state index in [9.17, 15) is 43.2 Å². The van der Waals surface area contributed by atoms with E-state index in [-0.39, 0.29) is 63.7 Å². The van der Waals surface area contributed by atoms with E-state index in [1.807, 2.05) is 89.2 Å². The fourth-order valence-electron chi connectivity index (χ4n) is 9.84. The molecule has 8 aromatic carbocycles. The minimum atomic E-state index is -0.524. The smallest absolute Gasteiger partial charge is 0.255 e. The highest BCUT2D eigenvalue weighted by Gasteiger charge is 2.34. The number of hydrogen-bond acceptors (Lipinski definition) is 9. The largest absolute Gasteiger partial charge is 0.326 e. The first-order valence-corrected chi connectivity index (χ1v) is 27.7. The van der Waals surface area contributed by atoms with Crippen molar-refractivity contribution in [3.8, 4) is 11.1 Å². The van der Waals surface area contributed by atoms with E-state index < -0.39 is 11.3 Å². The Hall–Kier alpha value is -10.0. The monoisotopic (exact) mass is 1100 g/mol. The zero-order valence-corrected chi connectivity index (χ0v) is 47.2. The third-order valence-electron chi connectivity index (χ3n) is 15.7. The topological polar surface area (TPSA) is 202 Å². The summed E-state index contributed by atoms with van der Waals surface area (Å²) < 4.78 is 0. The number of nitrogens with one attached hydrogen (secondary N) is 4. The van der Waals surface area contributed by atoms with Crippen LogP contribution in [0.4, 0.5) is 22.7 Å². The Balaban J connectivity index is 0.000000153. The zero-order valence-electron chi connectivity index (χ0n) is 47.2.